The molecule has 0 saturated carbocycles. The van der Waals surface area contributed by atoms with Crippen molar-refractivity contribution in [1.82, 2.24) is 5.16 Å². The van der Waals surface area contributed by atoms with Gasteiger partial charge < -0.3 is 25.7 Å². The Labute approximate surface area is 202 Å². The van der Waals surface area contributed by atoms with Crippen molar-refractivity contribution in [1.29, 1.82) is 0 Å². The lowest BCUT2D eigenvalue weighted by molar-refractivity contribution is 0.213. The van der Waals surface area contributed by atoms with E-state index in [1.165, 1.54) is 14.2 Å². The Morgan fingerprint density at radius 2 is 1.42 bits per heavy atom. The van der Waals surface area contributed by atoms with E-state index in [1.807, 2.05) is 24.3 Å². The summed E-state index contributed by atoms with van der Waals surface area (Å²) in [6, 6.07) is 14.4. The molecule has 1 aromatic heterocycles. The number of halogens is 4. The van der Waals surface area contributed by atoms with Crippen LogP contribution in [-0.4, -0.2) is 31.0 Å². The van der Waals surface area contributed by atoms with Crippen LogP contribution in [0.5, 0.6) is 0 Å². The highest BCUT2D eigenvalue weighted by Gasteiger charge is 2.13. The normalized spacial score (nSPS) is 10.9. The number of hydrogen-bond acceptors (Lipinski definition) is 6. The highest BCUT2D eigenvalue weighted by atomic mass is 35.5. The predicted molar refractivity (Wildman–Crippen MR) is 130 cm³/mol. The van der Waals surface area contributed by atoms with Gasteiger partial charge in [-0.25, -0.2) is 0 Å². The summed E-state index contributed by atoms with van der Waals surface area (Å²) in [7, 11) is 2.86. The maximum atomic E-state index is 6.37. The molecule has 3 rings (SSSR count). The van der Waals surface area contributed by atoms with Gasteiger partial charge in [0.2, 0.25) is 0 Å². The quantitative estimate of drug-likeness (QED) is 0.288. The molecule has 0 spiro atoms. The molecule has 4 N–H and O–H groups in total. The van der Waals surface area contributed by atoms with Crippen molar-refractivity contribution >= 4 is 60.5 Å². The van der Waals surface area contributed by atoms with Gasteiger partial charge in [-0.1, -0.05) is 57.4 Å². The molecule has 8 nitrogen and oxygen atoms in total. The standard InChI is InChI=1S/C19H18ClN5O3.3ClH/c1-26-24-18(21)12-5-3-11(4-6-12)16-10-17(28-23-16)14-8-7-13(9-15(14)20)19(22)25-27-2;;;/h3-10H,1-2H3,(H2,21,24)(H2,22,25);3*1H. The van der Waals surface area contributed by atoms with Gasteiger partial charge in [0.25, 0.3) is 0 Å². The van der Waals surface area contributed by atoms with Crippen molar-refractivity contribution in [3.63, 3.8) is 0 Å². The summed E-state index contributed by atoms with van der Waals surface area (Å²) in [6.45, 7) is 0. The maximum Gasteiger partial charge on any atom is 0.170 e. The lowest BCUT2D eigenvalue weighted by Gasteiger charge is -2.04. The van der Waals surface area contributed by atoms with Crippen molar-refractivity contribution in [3.05, 3.63) is 64.7 Å². The molecular formula is C19H21Cl4N5O3. The fourth-order valence-electron chi connectivity index (χ4n) is 2.53. The van der Waals surface area contributed by atoms with Gasteiger partial charge in [0.15, 0.2) is 17.4 Å². The monoisotopic (exact) mass is 507 g/mol. The summed E-state index contributed by atoms with van der Waals surface area (Å²) in [4.78, 5) is 9.34. The van der Waals surface area contributed by atoms with Crippen molar-refractivity contribution in [2.45, 2.75) is 0 Å². The first-order valence-electron chi connectivity index (χ1n) is 8.14. The minimum absolute atomic E-state index is 0. The first kappa shape index (κ1) is 28.4. The second-order valence-corrected chi connectivity index (χ2v) is 6.07. The molecule has 0 fully saturated rings. The number of oxime groups is 2. The van der Waals surface area contributed by atoms with Crippen molar-refractivity contribution in [2.75, 3.05) is 14.2 Å². The van der Waals surface area contributed by atoms with E-state index in [-0.39, 0.29) is 48.9 Å². The highest BCUT2D eigenvalue weighted by molar-refractivity contribution is 6.33. The molecule has 3 aromatic rings. The number of amidine groups is 2. The molecule has 31 heavy (non-hydrogen) atoms. The van der Waals surface area contributed by atoms with E-state index in [4.69, 9.17) is 27.6 Å². The van der Waals surface area contributed by atoms with Crippen LogP contribution in [0.2, 0.25) is 5.02 Å². The Morgan fingerprint density at radius 1 is 0.871 bits per heavy atom. The third-order valence-electron chi connectivity index (χ3n) is 3.90. The van der Waals surface area contributed by atoms with Crippen LogP contribution in [0.4, 0.5) is 0 Å². The molecule has 12 heteroatoms. The summed E-state index contributed by atoms with van der Waals surface area (Å²) >= 11 is 6.37. The summed E-state index contributed by atoms with van der Waals surface area (Å²) in [5.74, 6) is 1.04. The largest absolute Gasteiger partial charge is 0.397 e. The topological polar surface area (TPSA) is 121 Å². The molecule has 0 amide bonds. The average Bonchev–Trinajstić information content (AvgIpc) is 3.18. The number of aromatic nitrogens is 1. The molecule has 2 aromatic carbocycles. The molecule has 0 aliphatic carbocycles. The zero-order valence-corrected chi connectivity index (χ0v) is 19.6. The minimum Gasteiger partial charge on any atom is -0.397 e. The van der Waals surface area contributed by atoms with Crippen LogP contribution in [0, 0.1) is 0 Å². The van der Waals surface area contributed by atoms with E-state index in [0.29, 0.717) is 27.6 Å². The Morgan fingerprint density at radius 3 is 1.97 bits per heavy atom. The lowest BCUT2D eigenvalue weighted by atomic mass is 10.1. The number of benzene rings is 2. The zero-order chi connectivity index (χ0) is 20.1. The van der Waals surface area contributed by atoms with E-state index in [1.54, 1.807) is 24.3 Å². The molecule has 0 atom stereocenters. The Bertz CT molecular complexity index is 1040. The van der Waals surface area contributed by atoms with Gasteiger partial charge in [0.05, 0.1) is 5.02 Å². The van der Waals surface area contributed by atoms with Crippen LogP contribution in [0.3, 0.4) is 0 Å². The Balaban J connectivity index is 0.00000300. The fraction of sp³-hybridized carbons (Fsp3) is 0.105. The molecule has 0 unspecified atom stereocenters. The van der Waals surface area contributed by atoms with Gasteiger partial charge in [0, 0.05) is 28.3 Å². The van der Waals surface area contributed by atoms with Gasteiger partial charge in [-0.3, -0.25) is 0 Å². The molecule has 0 radical (unpaired) electrons. The van der Waals surface area contributed by atoms with E-state index in [9.17, 15) is 0 Å². The Hall–Kier alpha value is -2.65. The number of nitrogens with two attached hydrogens (primary N) is 2. The average molecular weight is 509 g/mol. The van der Waals surface area contributed by atoms with E-state index >= 15 is 0 Å². The first-order chi connectivity index (χ1) is 13.5. The van der Waals surface area contributed by atoms with Crippen molar-refractivity contribution < 1.29 is 14.2 Å². The number of rotatable bonds is 6. The van der Waals surface area contributed by atoms with Gasteiger partial charge in [-0.2, -0.15) is 0 Å². The SMILES string of the molecule is CO/N=C(\N)c1ccc(-c2cc(-c3ccc(/C(N)=N/OC)cc3Cl)on2)cc1.Cl.Cl.Cl. The molecule has 168 valence electrons. The molecule has 0 aliphatic rings. The van der Waals surface area contributed by atoms with Gasteiger partial charge in [0.1, 0.15) is 19.9 Å². The molecule has 0 saturated heterocycles. The molecular weight excluding hydrogens is 488 g/mol. The second kappa shape index (κ2) is 12.9. The summed E-state index contributed by atoms with van der Waals surface area (Å²) < 4.78 is 5.46. The van der Waals surface area contributed by atoms with Crippen LogP contribution in [0.15, 0.2) is 63.4 Å². The van der Waals surface area contributed by atoms with E-state index < -0.39 is 0 Å². The Kier molecular flexibility index (Phi) is 11.8. The smallest absolute Gasteiger partial charge is 0.170 e. The fourth-order valence-corrected chi connectivity index (χ4v) is 2.80. The van der Waals surface area contributed by atoms with Crippen LogP contribution in [0.1, 0.15) is 11.1 Å². The third kappa shape index (κ3) is 6.67. The summed E-state index contributed by atoms with van der Waals surface area (Å²) in [5.41, 5.74) is 15.2. The van der Waals surface area contributed by atoms with Crippen molar-refractivity contribution in [3.8, 4) is 22.6 Å². The first-order valence-corrected chi connectivity index (χ1v) is 8.52. The zero-order valence-electron chi connectivity index (χ0n) is 16.4. The predicted octanol–water partition coefficient (Wildman–Crippen LogP) is 4.46. The van der Waals surface area contributed by atoms with Crippen LogP contribution >= 0.6 is 48.8 Å². The lowest BCUT2D eigenvalue weighted by Crippen LogP contribution is -2.13. The highest BCUT2D eigenvalue weighted by Crippen LogP contribution is 2.31. The van der Waals surface area contributed by atoms with Gasteiger partial charge in [-0.15, -0.1) is 37.2 Å². The third-order valence-corrected chi connectivity index (χ3v) is 4.21. The molecule has 1 heterocycles. The van der Waals surface area contributed by atoms with Gasteiger partial charge >= 0.3 is 0 Å². The summed E-state index contributed by atoms with van der Waals surface area (Å²) in [5, 5.41) is 12.0. The van der Waals surface area contributed by atoms with Crippen molar-refractivity contribution in [2.24, 2.45) is 21.8 Å². The maximum absolute atomic E-state index is 6.37. The van der Waals surface area contributed by atoms with Crippen LogP contribution in [-0.2, 0) is 9.68 Å². The van der Waals surface area contributed by atoms with Gasteiger partial charge in [-0.05, 0) is 12.1 Å². The molecule has 0 bridgehead atoms. The van der Waals surface area contributed by atoms with E-state index in [0.717, 1.165) is 11.1 Å². The van der Waals surface area contributed by atoms with Crippen LogP contribution < -0.4 is 11.5 Å². The molecule has 0 aliphatic heterocycles. The summed E-state index contributed by atoms with van der Waals surface area (Å²) in [6.07, 6.45) is 0. The number of nitrogens with zero attached hydrogens (tertiary/aromatic N) is 3. The van der Waals surface area contributed by atoms with Crippen LogP contribution in [0.25, 0.3) is 22.6 Å². The number of hydrogen-bond donors (Lipinski definition) is 2. The second-order valence-electron chi connectivity index (χ2n) is 5.67. The van der Waals surface area contributed by atoms with E-state index in [2.05, 4.69) is 25.1 Å². The minimum atomic E-state index is 0.